The molecule has 0 aliphatic carbocycles. The first-order valence-corrected chi connectivity index (χ1v) is 8.78. The molecule has 136 valence electrons. The maximum absolute atomic E-state index is 13.6. The lowest BCUT2D eigenvalue weighted by molar-refractivity contribution is -0.120. The highest BCUT2D eigenvalue weighted by atomic mass is 32.1. The topological polar surface area (TPSA) is 62.1 Å². The van der Waals surface area contributed by atoms with Crippen LogP contribution in [0.5, 0.6) is 17.2 Å². The number of para-hydroxylation sites is 1. The first-order valence-electron chi connectivity index (χ1n) is 7.97. The van der Waals surface area contributed by atoms with E-state index in [0.717, 1.165) is 10.2 Å². The van der Waals surface area contributed by atoms with Crippen LogP contribution in [0.3, 0.4) is 0 Å². The number of halogens is 1. The van der Waals surface area contributed by atoms with Gasteiger partial charge in [0.15, 0.2) is 34.5 Å². The molecule has 2 heterocycles. The molecule has 3 aromatic rings. The highest BCUT2D eigenvalue weighted by Gasteiger charge is 2.17. The summed E-state index contributed by atoms with van der Waals surface area (Å²) in [6.45, 7) is 0.0265. The Morgan fingerprint density at radius 2 is 2.11 bits per heavy atom. The first-order chi connectivity index (χ1) is 13.2. The molecular weight excluding hydrogens is 371 g/mol. The van der Waals surface area contributed by atoms with Gasteiger partial charge in [0.25, 0.3) is 5.91 Å². The van der Waals surface area contributed by atoms with Crippen LogP contribution >= 0.6 is 11.3 Å². The highest BCUT2D eigenvalue weighted by Crippen LogP contribution is 2.36. The zero-order chi connectivity index (χ0) is 18.8. The van der Waals surface area contributed by atoms with E-state index in [1.165, 1.54) is 23.5 Å². The van der Waals surface area contributed by atoms with Crippen molar-refractivity contribution in [3.8, 4) is 29.6 Å². The summed E-state index contributed by atoms with van der Waals surface area (Å²) in [7, 11) is 0. The Morgan fingerprint density at radius 3 is 2.89 bits per heavy atom. The van der Waals surface area contributed by atoms with Crippen molar-refractivity contribution in [3.63, 3.8) is 0 Å². The van der Waals surface area contributed by atoms with E-state index in [1.54, 1.807) is 16.7 Å². The molecule has 0 saturated carbocycles. The Kier molecular flexibility index (Phi) is 4.52. The molecule has 8 heteroatoms. The zero-order valence-electron chi connectivity index (χ0n) is 14.0. The lowest BCUT2D eigenvalue weighted by Crippen LogP contribution is -2.19. The molecule has 0 unspecified atom stereocenters. The van der Waals surface area contributed by atoms with Crippen LogP contribution in [-0.2, 0) is 11.3 Å². The number of rotatable bonds is 4. The number of ether oxygens (including phenoxy) is 3. The summed E-state index contributed by atoms with van der Waals surface area (Å²) in [4.78, 5) is 16.7. The second-order valence-electron chi connectivity index (χ2n) is 5.57. The van der Waals surface area contributed by atoms with E-state index < -0.39 is 11.7 Å². The maximum atomic E-state index is 13.6. The largest absolute Gasteiger partial charge is 0.481 e. The third-order valence-corrected chi connectivity index (χ3v) is 4.88. The molecule has 0 spiro atoms. The number of terminal acetylenes is 1. The van der Waals surface area contributed by atoms with Gasteiger partial charge in [-0.25, -0.2) is 4.39 Å². The molecule has 0 N–H and O–H groups in total. The maximum Gasteiger partial charge on any atom is 0.286 e. The van der Waals surface area contributed by atoms with Crippen LogP contribution in [0.1, 0.15) is 0 Å². The van der Waals surface area contributed by atoms with Crippen LogP contribution in [0.25, 0.3) is 10.2 Å². The molecule has 1 aliphatic rings. The van der Waals surface area contributed by atoms with Crippen molar-refractivity contribution in [1.82, 2.24) is 4.57 Å². The number of carbonyl (C=O) groups excluding carboxylic acids is 1. The Labute approximate surface area is 157 Å². The molecule has 6 nitrogen and oxygen atoms in total. The van der Waals surface area contributed by atoms with Crippen molar-refractivity contribution in [2.45, 2.75) is 6.54 Å². The molecule has 0 saturated heterocycles. The van der Waals surface area contributed by atoms with Gasteiger partial charge in [-0.05, 0) is 12.1 Å². The third kappa shape index (κ3) is 3.37. The number of thiazole rings is 1. The van der Waals surface area contributed by atoms with Crippen molar-refractivity contribution >= 4 is 27.5 Å². The third-order valence-electron chi connectivity index (χ3n) is 3.83. The van der Waals surface area contributed by atoms with Crippen molar-refractivity contribution in [2.75, 3.05) is 13.4 Å². The number of hydrogen-bond acceptors (Lipinski definition) is 5. The van der Waals surface area contributed by atoms with E-state index in [9.17, 15) is 9.18 Å². The van der Waals surface area contributed by atoms with Gasteiger partial charge in [0.05, 0.1) is 16.8 Å². The zero-order valence-corrected chi connectivity index (χ0v) is 14.8. The van der Waals surface area contributed by atoms with Crippen LogP contribution in [-0.4, -0.2) is 23.9 Å². The molecule has 1 aliphatic heterocycles. The fraction of sp³-hybridized carbons (Fsp3) is 0.158. The molecule has 1 aromatic heterocycles. The van der Waals surface area contributed by atoms with Gasteiger partial charge in [-0.2, -0.15) is 4.99 Å². The molecule has 0 radical (unpaired) electrons. The van der Waals surface area contributed by atoms with E-state index in [2.05, 4.69) is 10.9 Å². The first kappa shape index (κ1) is 17.1. The number of fused-ring (bicyclic) bond motifs is 2. The van der Waals surface area contributed by atoms with Gasteiger partial charge in [0.2, 0.25) is 6.79 Å². The van der Waals surface area contributed by atoms with Gasteiger partial charge in [0, 0.05) is 12.1 Å². The summed E-state index contributed by atoms with van der Waals surface area (Å²) in [6.07, 6.45) is 5.46. The molecular formula is C19H13FN2O4S. The predicted octanol–water partition coefficient (Wildman–Crippen LogP) is 2.71. The molecule has 0 fully saturated rings. The monoisotopic (exact) mass is 384 g/mol. The van der Waals surface area contributed by atoms with Gasteiger partial charge >= 0.3 is 0 Å². The fourth-order valence-electron chi connectivity index (χ4n) is 2.63. The smallest absolute Gasteiger partial charge is 0.286 e. The molecule has 1 amide bonds. The van der Waals surface area contributed by atoms with Crippen molar-refractivity contribution < 1.29 is 23.4 Å². The van der Waals surface area contributed by atoms with Gasteiger partial charge in [0.1, 0.15) is 0 Å². The summed E-state index contributed by atoms with van der Waals surface area (Å²) in [5.41, 5.74) is 0.795. The summed E-state index contributed by atoms with van der Waals surface area (Å²) in [5.74, 6) is 2.72. The standard InChI is InChI=1S/C19H13FN2O4S/c1-2-7-22-13-8-15-16(26-11-25-15)9-17(13)27-19(22)21-18(23)10-24-14-6-4-3-5-12(14)20/h1,3-6,8-9H,7,10-11H2. The van der Waals surface area contributed by atoms with Crippen molar-refractivity contribution in [2.24, 2.45) is 4.99 Å². The van der Waals surface area contributed by atoms with E-state index in [1.807, 2.05) is 12.1 Å². The quantitative estimate of drug-likeness (QED) is 0.649. The van der Waals surface area contributed by atoms with Crippen molar-refractivity contribution in [1.29, 1.82) is 0 Å². The van der Waals surface area contributed by atoms with E-state index >= 15 is 0 Å². The number of aromatic nitrogens is 1. The average Bonchev–Trinajstić information content (AvgIpc) is 3.24. The molecule has 2 aromatic carbocycles. The minimum Gasteiger partial charge on any atom is -0.481 e. The molecule has 0 atom stereocenters. The molecule has 27 heavy (non-hydrogen) atoms. The summed E-state index contributed by atoms with van der Waals surface area (Å²) >= 11 is 1.30. The van der Waals surface area contributed by atoms with Crippen LogP contribution in [0.2, 0.25) is 0 Å². The van der Waals surface area contributed by atoms with E-state index in [4.69, 9.17) is 20.6 Å². The van der Waals surface area contributed by atoms with Crippen LogP contribution in [0.15, 0.2) is 41.4 Å². The lowest BCUT2D eigenvalue weighted by Gasteiger charge is -2.04. The second-order valence-corrected chi connectivity index (χ2v) is 6.58. The van der Waals surface area contributed by atoms with Crippen molar-refractivity contribution in [3.05, 3.63) is 47.0 Å². The van der Waals surface area contributed by atoms with Crippen LogP contribution in [0, 0.1) is 18.2 Å². The minimum atomic E-state index is -0.546. The highest BCUT2D eigenvalue weighted by molar-refractivity contribution is 7.16. The summed E-state index contributed by atoms with van der Waals surface area (Å²) in [5, 5.41) is 0. The van der Waals surface area contributed by atoms with Crippen LogP contribution in [0.4, 0.5) is 4.39 Å². The Bertz CT molecular complexity index is 1140. The van der Waals surface area contributed by atoms with Gasteiger partial charge in [-0.3, -0.25) is 4.79 Å². The number of benzene rings is 2. The van der Waals surface area contributed by atoms with Gasteiger partial charge < -0.3 is 18.8 Å². The van der Waals surface area contributed by atoms with Gasteiger partial charge in [-0.15, -0.1) is 6.42 Å². The number of hydrogen-bond donors (Lipinski definition) is 0. The minimum absolute atomic E-state index is 0.000357. The van der Waals surface area contributed by atoms with Crippen LogP contribution < -0.4 is 19.0 Å². The second kappa shape index (κ2) is 7.13. The Hall–Kier alpha value is -3.31. The predicted molar refractivity (Wildman–Crippen MR) is 97.2 cm³/mol. The Morgan fingerprint density at radius 1 is 1.33 bits per heavy atom. The number of nitrogens with zero attached hydrogens (tertiary/aromatic N) is 2. The summed E-state index contributed by atoms with van der Waals surface area (Å²) in [6, 6.07) is 9.50. The number of carbonyl (C=O) groups is 1. The lowest BCUT2D eigenvalue weighted by atomic mass is 10.3. The van der Waals surface area contributed by atoms with Gasteiger partial charge in [-0.1, -0.05) is 29.4 Å². The number of amides is 1. The SMILES string of the molecule is C#CCn1c(=NC(=O)COc2ccccc2F)sc2cc3c(cc21)OCO3. The summed E-state index contributed by atoms with van der Waals surface area (Å²) < 4.78 is 32.1. The molecule has 0 bridgehead atoms. The molecule has 4 rings (SSSR count). The van der Waals surface area contributed by atoms with E-state index in [-0.39, 0.29) is 25.7 Å². The Balaban J connectivity index is 1.65. The fourth-order valence-corrected chi connectivity index (χ4v) is 3.69. The average molecular weight is 384 g/mol. The van der Waals surface area contributed by atoms with E-state index in [0.29, 0.717) is 16.3 Å². The normalized spacial score (nSPS) is 13.0.